The van der Waals surface area contributed by atoms with Gasteiger partial charge in [0.1, 0.15) is 5.82 Å². The van der Waals surface area contributed by atoms with Crippen LogP contribution >= 0.6 is 15.9 Å². The molecule has 1 aliphatic carbocycles. The fourth-order valence-corrected chi connectivity index (χ4v) is 3.25. The minimum absolute atomic E-state index is 0.0569. The monoisotopic (exact) mass is 313 g/mol. The second-order valence-electron chi connectivity index (χ2n) is 6.16. The largest absolute Gasteiger partial charge is 0.307 e. The smallest absolute Gasteiger partial charge is 0.128 e. The van der Waals surface area contributed by atoms with Crippen molar-refractivity contribution in [2.75, 3.05) is 0 Å². The highest BCUT2D eigenvalue weighted by molar-refractivity contribution is 9.10. The van der Waals surface area contributed by atoms with Crippen LogP contribution < -0.4 is 5.32 Å². The number of hydrogen-bond acceptors (Lipinski definition) is 1. The fourth-order valence-electron chi connectivity index (χ4n) is 2.87. The Kier molecular flexibility index (Phi) is 4.12. The summed E-state index contributed by atoms with van der Waals surface area (Å²) in [5.41, 5.74) is 1.17. The first-order valence-electron chi connectivity index (χ1n) is 6.58. The predicted molar refractivity (Wildman–Crippen MR) is 77.1 cm³/mol. The molecule has 0 spiro atoms. The average Bonchev–Trinajstić information content (AvgIpc) is 2.61. The van der Waals surface area contributed by atoms with Gasteiger partial charge in [-0.2, -0.15) is 0 Å². The van der Waals surface area contributed by atoms with Crippen molar-refractivity contribution in [3.05, 3.63) is 34.1 Å². The number of halogens is 2. The molecule has 2 rings (SSSR count). The second kappa shape index (κ2) is 5.30. The Morgan fingerprint density at radius 1 is 1.44 bits per heavy atom. The predicted octanol–water partition coefficient (Wildman–Crippen LogP) is 4.82. The average molecular weight is 314 g/mol. The van der Waals surface area contributed by atoms with Crippen LogP contribution in [0, 0.1) is 11.2 Å². The zero-order valence-electron chi connectivity index (χ0n) is 11.3. The molecule has 3 heteroatoms. The van der Waals surface area contributed by atoms with Crippen LogP contribution in [0.1, 0.15) is 51.6 Å². The van der Waals surface area contributed by atoms with E-state index in [0.717, 1.165) is 10.0 Å². The maximum absolute atomic E-state index is 13.8. The van der Waals surface area contributed by atoms with Gasteiger partial charge in [0.25, 0.3) is 0 Å². The summed E-state index contributed by atoms with van der Waals surface area (Å²) in [6, 6.07) is 5.70. The Balaban J connectivity index is 2.04. The first kappa shape index (κ1) is 14.0. The van der Waals surface area contributed by atoms with E-state index in [9.17, 15) is 4.39 Å². The molecule has 0 radical (unpaired) electrons. The highest BCUT2D eigenvalue weighted by Crippen LogP contribution is 2.38. The molecule has 1 aromatic carbocycles. The third-order valence-electron chi connectivity index (χ3n) is 3.88. The molecular weight excluding hydrogens is 293 g/mol. The molecule has 1 aliphatic rings. The van der Waals surface area contributed by atoms with Gasteiger partial charge >= 0.3 is 0 Å². The zero-order valence-corrected chi connectivity index (χ0v) is 12.8. The molecule has 18 heavy (non-hydrogen) atoms. The lowest BCUT2D eigenvalue weighted by atomic mass is 9.91. The van der Waals surface area contributed by atoms with Crippen molar-refractivity contribution < 1.29 is 4.39 Å². The van der Waals surface area contributed by atoms with Crippen LogP contribution in [0.15, 0.2) is 22.7 Å². The van der Waals surface area contributed by atoms with Crippen LogP contribution in [-0.2, 0) is 0 Å². The first-order chi connectivity index (χ1) is 8.37. The molecule has 1 N–H and O–H groups in total. The third kappa shape index (κ3) is 3.33. The van der Waals surface area contributed by atoms with Gasteiger partial charge in [-0.25, -0.2) is 4.39 Å². The Hall–Kier alpha value is -0.410. The highest BCUT2D eigenvalue weighted by Gasteiger charge is 2.31. The van der Waals surface area contributed by atoms with Crippen LogP contribution in [0.4, 0.5) is 4.39 Å². The van der Waals surface area contributed by atoms with E-state index in [4.69, 9.17) is 0 Å². The Morgan fingerprint density at radius 3 is 2.78 bits per heavy atom. The lowest BCUT2D eigenvalue weighted by molar-refractivity contribution is 0.354. The van der Waals surface area contributed by atoms with Gasteiger partial charge in [-0.05, 0) is 49.8 Å². The minimum atomic E-state index is -0.129. The summed E-state index contributed by atoms with van der Waals surface area (Å²) >= 11 is 3.40. The number of benzene rings is 1. The van der Waals surface area contributed by atoms with Crippen molar-refractivity contribution >= 4 is 15.9 Å². The molecule has 0 aliphatic heterocycles. The minimum Gasteiger partial charge on any atom is -0.307 e. The van der Waals surface area contributed by atoms with E-state index in [0.29, 0.717) is 11.5 Å². The lowest BCUT2D eigenvalue weighted by Crippen LogP contribution is -2.30. The summed E-state index contributed by atoms with van der Waals surface area (Å²) in [6.07, 6.45) is 3.61. The molecule has 100 valence electrons. The van der Waals surface area contributed by atoms with Crippen molar-refractivity contribution in [2.24, 2.45) is 5.41 Å². The zero-order chi connectivity index (χ0) is 13.3. The quantitative estimate of drug-likeness (QED) is 0.843. The van der Waals surface area contributed by atoms with E-state index in [1.807, 2.05) is 13.0 Å². The normalized spacial score (nSPS) is 24.2. The summed E-state index contributed by atoms with van der Waals surface area (Å²) in [4.78, 5) is 0. The molecule has 0 amide bonds. The van der Waals surface area contributed by atoms with Crippen molar-refractivity contribution in [1.29, 1.82) is 0 Å². The lowest BCUT2D eigenvalue weighted by Gasteiger charge is -2.22. The molecule has 0 bridgehead atoms. The Morgan fingerprint density at radius 2 is 2.17 bits per heavy atom. The van der Waals surface area contributed by atoms with Gasteiger partial charge in [-0.1, -0.05) is 29.8 Å². The maximum Gasteiger partial charge on any atom is 0.128 e. The number of nitrogens with one attached hydrogen (secondary N) is 1. The molecular formula is C15H21BrFN. The van der Waals surface area contributed by atoms with Crippen LogP contribution in [0.25, 0.3) is 0 Å². The van der Waals surface area contributed by atoms with Crippen molar-refractivity contribution in [1.82, 2.24) is 5.32 Å². The third-order valence-corrected chi connectivity index (χ3v) is 4.37. The van der Waals surface area contributed by atoms with Gasteiger partial charge < -0.3 is 5.32 Å². The van der Waals surface area contributed by atoms with Gasteiger partial charge in [0.15, 0.2) is 0 Å². The van der Waals surface area contributed by atoms with Crippen LogP contribution in [0.5, 0.6) is 0 Å². The Labute approximate surface area is 117 Å². The van der Waals surface area contributed by atoms with E-state index >= 15 is 0 Å². The second-order valence-corrected chi connectivity index (χ2v) is 7.07. The van der Waals surface area contributed by atoms with Crippen molar-refractivity contribution in [2.45, 2.75) is 52.1 Å². The van der Waals surface area contributed by atoms with Gasteiger partial charge in [0.05, 0.1) is 0 Å². The first-order valence-corrected chi connectivity index (χ1v) is 7.38. The molecule has 1 aromatic rings. The number of hydrogen-bond donors (Lipinski definition) is 1. The molecule has 0 saturated heterocycles. The van der Waals surface area contributed by atoms with Crippen molar-refractivity contribution in [3.8, 4) is 0 Å². The molecule has 2 unspecified atom stereocenters. The van der Waals surface area contributed by atoms with E-state index in [1.165, 1.54) is 25.3 Å². The topological polar surface area (TPSA) is 12.0 Å². The standard InChI is InChI=1S/C15H21BrFN/c1-10(13-8-11(16)4-5-14(13)17)18-12-6-7-15(2,3)9-12/h4-5,8,10,12,18H,6-7,9H2,1-3H3. The molecule has 1 fully saturated rings. The SMILES string of the molecule is CC(NC1CCC(C)(C)C1)c1cc(Br)ccc1F. The van der Waals surface area contributed by atoms with Gasteiger partial charge in [0.2, 0.25) is 0 Å². The summed E-state index contributed by atoms with van der Waals surface area (Å²) in [5, 5.41) is 3.56. The molecule has 1 saturated carbocycles. The Bertz CT molecular complexity index is 431. The van der Waals surface area contributed by atoms with E-state index in [-0.39, 0.29) is 11.9 Å². The van der Waals surface area contributed by atoms with Crippen LogP contribution in [-0.4, -0.2) is 6.04 Å². The molecule has 0 aromatic heterocycles. The van der Waals surface area contributed by atoms with Crippen LogP contribution in [0.2, 0.25) is 0 Å². The molecule has 1 nitrogen and oxygen atoms in total. The number of rotatable bonds is 3. The van der Waals surface area contributed by atoms with E-state index < -0.39 is 0 Å². The summed E-state index contributed by atoms with van der Waals surface area (Å²) in [6.45, 7) is 6.65. The van der Waals surface area contributed by atoms with E-state index in [1.54, 1.807) is 6.07 Å². The summed E-state index contributed by atoms with van der Waals surface area (Å²) in [5.74, 6) is -0.129. The molecule has 0 heterocycles. The highest BCUT2D eigenvalue weighted by atomic mass is 79.9. The van der Waals surface area contributed by atoms with Crippen LogP contribution in [0.3, 0.4) is 0 Å². The summed E-state index contributed by atoms with van der Waals surface area (Å²) < 4.78 is 14.7. The van der Waals surface area contributed by atoms with E-state index in [2.05, 4.69) is 35.1 Å². The molecule has 2 atom stereocenters. The van der Waals surface area contributed by atoms with Gasteiger partial charge in [-0.15, -0.1) is 0 Å². The van der Waals surface area contributed by atoms with Gasteiger partial charge in [-0.3, -0.25) is 0 Å². The maximum atomic E-state index is 13.8. The fraction of sp³-hybridized carbons (Fsp3) is 0.600. The van der Waals surface area contributed by atoms with Crippen molar-refractivity contribution in [3.63, 3.8) is 0 Å². The summed E-state index contributed by atoms with van der Waals surface area (Å²) in [7, 11) is 0. The van der Waals surface area contributed by atoms with Gasteiger partial charge in [0, 0.05) is 22.1 Å².